The molecule has 0 unspecified atom stereocenters. The molecule has 0 aliphatic rings. The van der Waals surface area contributed by atoms with Gasteiger partial charge in [-0.25, -0.2) is 4.98 Å². The molecule has 0 saturated carbocycles. The summed E-state index contributed by atoms with van der Waals surface area (Å²) >= 11 is 0. The topological polar surface area (TPSA) is 57.8 Å². The van der Waals surface area contributed by atoms with E-state index >= 15 is 0 Å². The maximum absolute atomic E-state index is 10.9. The number of hydrogen-bond donors (Lipinski definition) is 2. The van der Waals surface area contributed by atoms with Gasteiger partial charge in [-0.2, -0.15) is 0 Å². The SMILES string of the molecule is CCNC(=O)c1c[nH][c]n1. The van der Waals surface area contributed by atoms with Crippen molar-refractivity contribution in [1.29, 1.82) is 0 Å². The fourth-order valence-electron chi connectivity index (χ4n) is 0.593. The van der Waals surface area contributed by atoms with Gasteiger partial charge in [0.25, 0.3) is 5.91 Å². The fraction of sp³-hybridized carbons (Fsp3) is 0.333. The van der Waals surface area contributed by atoms with Crippen LogP contribution in [0.3, 0.4) is 0 Å². The van der Waals surface area contributed by atoms with Crippen LogP contribution in [0.2, 0.25) is 0 Å². The number of carbonyl (C=O) groups excluding carboxylic acids is 1. The van der Waals surface area contributed by atoms with E-state index in [9.17, 15) is 4.79 Å². The molecule has 0 spiro atoms. The van der Waals surface area contributed by atoms with Gasteiger partial charge in [0.15, 0.2) is 6.33 Å². The van der Waals surface area contributed by atoms with Gasteiger partial charge in [-0.05, 0) is 6.92 Å². The van der Waals surface area contributed by atoms with E-state index in [2.05, 4.69) is 21.6 Å². The van der Waals surface area contributed by atoms with E-state index in [1.807, 2.05) is 6.92 Å². The second-order valence-electron chi connectivity index (χ2n) is 1.76. The third-order valence-corrected chi connectivity index (χ3v) is 1.02. The maximum Gasteiger partial charge on any atom is 0.271 e. The molecule has 53 valence electrons. The third-order valence-electron chi connectivity index (χ3n) is 1.02. The van der Waals surface area contributed by atoms with Gasteiger partial charge in [0.1, 0.15) is 5.69 Å². The number of amides is 1. The van der Waals surface area contributed by atoms with Gasteiger partial charge in [-0.15, -0.1) is 0 Å². The van der Waals surface area contributed by atoms with Crippen molar-refractivity contribution >= 4 is 5.91 Å². The van der Waals surface area contributed by atoms with Crippen LogP contribution in [0.15, 0.2) is 6.20 Å². The lowest BCUT2D eigenvalue weighted by molar-refractivity contribution is 0.0951. The molecular formula is C6H8N3O. The highest BCUT2D eigenvalue weighted by molar-refractivity contribution is 5.91. The first-order valence-electron chi connectivity index (χ1n) is 3.04. The first-order chi connectivity index (χ1) is 4.84. The lowest BCUT2D eigenvalue weighted by atomic mass is 10.4. The zero-order valence-corrected chi connectivity index (χ0v) is 5.64. The second-order valence-corrected chi connectivity index (χ2v) is 1.76. The average Bonchev–Trinajstić information content (AvgIpc) is 2.38. The van der Waals surface area contributed by atoms with Gasteiger partial charge in [-0.1, -0.05) is 0 Å². The van der Waals surface area contributed by atoms with Crippen LogP contribution in [0.25, 0.3) is 0 Å². The highest BCUT2D eigenvalue weighted by Gasteiger charge is 2.03. The van der Waals surface area contributed by atoms with Crippen molar-refractivity contribution in [3.05, 3.63) is 18.2 Å². The molecule has 0 aromatic carbocycles. The Kier molecular flexibility index (Phi) is 2.04. The van der Waals surface area contributed by atoms with E-state index in [4.69, 9.17) is 0 Å². The number of nitrogens with one attached hydrogen (secondary N) is 2. The monoisotopic (exact) mass is 138 g/mol. The van der Waals surface area contributed by atoms with E-state index < -0.39 is 0 Å². The molecule has 0 saturated heterocycles. The molecule has 1 aromatic heterocycles. The maximum atomic E-state index is 10.9. The molecule has 4 heteroatoms. The summed E-state index contributed by atoms with van der Waals surface area (Å²) in [6.45, 7) is 2.47. The van der Waals surface area contributed by atoms with Gasteiger partial charge < -0.3 is 10.3 Å². The summed E-state index contributed by atoms with van der Waals surface area (Å²) in [7, 11) is 0. The minimum absolute atomic E-state index is 0.167. The van der Waals surface area contributed by atoms with Gasteiger partial charge in [0.05, 0.1) is 0 Å². The van der Waals surface area contributed by atoms with Crippen molar-refractivity contribution in [3.8, 4) is 0 Å². The number of carbonyl (C=O) groups is 1. The molecule has 0 aliphatic carbocycles. The van der Waals surface area contributed by atoms with E-state index in [-0.39, 0.29) is 5.91 Å². The largest absolute Gasteiger partial charge is 0.351 e. The van der Waals surface area contributed by atoms with Crippen LogP contribution in [-0.4, -0.2) is 22.4 Å². The van der Waals surface area contributed by atoms with Gasteiger partial charge in [0.2, 0.25) is 0 Å². The van der Waals surface area contributed by atoms with E-state index in [1.54, 1.807) is 0 Å². The summed E-state index contributed by atoms with van der Waals surface area (Å²) in [5.74, 6) is -0.167. The number of H-pyrrole nitrogens is 1. The molecule has 1 heterocycles. The molecule has 1 radical (unpaired) electrons. The third kappa shape index (κ3) is 1.34. The predicted octanol–water partition coefficient (Wildman–Crippen LogP) is -0.0404. The Morgan fingerprint density at radius 2 is 2.80 bits per heavy atom. The zero-order valence-electron chi connectivity index (χ0n) is 5.64. The van der Waals surface area contributed by atoms with Crippen molar-refractivity contribution in [3.63, 3.8) is 0 Å². The highest BCUT2D eigenvalue weighted by atomic mass is 16.1. The van der Waals surface area contributed by atoms with E-state index in [0.29, 0.717) is 12.2 Å². The lowest BCUT2D eigenvalue weighted by Gasteiger charge is -1.94. The molecule has 0 bridgehead atoms. The molecule has 1 rings (SSSR count). The Hall–Kier alpha value is -1.32. The number of imidazole rings is 1. The number of aromatic amines is 1. The summed E-state index contributed by atoms with van der Waals surface area (Å²) in [4.78, 5) is 17.1. The van der Waals surface area contributed by atoms with Crippen LogP contribution < -0.4 is 5.32 Å². The number of hydrogen-bond acceptors (Lipinski definition) is 2. The van der Waals surface area contributed by atoms with Crippen LogP contribution in [0.5, 0.6) is 0 Å². The van der Waals surface area contributed by atoms with Gasteiger partial charge in [-0.3, -0.25) is 4.79 Å². The number of rotatable bonds is 2. The molecule has 1 aromatic rings. The van der Waals surface area contributed by atoms with Gasteiger partial charge in [0, 0.05) is 12.7 Å². The van der Waals surface area contributed by atoms with E-state index in [0.717, 1.165) is 0 Å². The van der Waals surface area contributed by atoms with Crippen LogP contribution in [0, 0.1) is 6.33 Å². The number of nitrogens with zero attached hydrogens (tertiary/aromatic N) is 1. The van der Waals surface area contributed by atoms with Crippen LogP contribution in [0.1, 0.15) is 17.4 Å². The Labute approximate surface area is 58.7 Å². The fourth-order valence-corrected chi connectivity index (χ4v) is 0.593. The zero-order chi connectivity index (χ0) is 7.40. The normalized spacial score (nSPS) is 9.30. The van der Waals surface area contributed by atoms with Crippen molar-refractivity contribution < 1.29 is 4.79 Å². The van der Waals surface area contributed by atoms with Gasteiger partial charge >= 0.3 is 0 Å². The summed E-state index contributed by atoms with van der Waals surface area (Å²) in [6, 6.07) is 0. The molecule has 0 fully saturated rings. The first kappa shape index (κ1) is 6.80. The Balaban J connectivity index is 2.59. The lowest BCUT2D eigenvalue weighted by Crippen LogP contribution is -2.22. The molecule has 10 heavy (non-hydrogen) atoms. The number of aromatic nitrogens is 2. The molecule has 2 N–H and O–H groups in total. The summed E-state index contributed by atoms with van der Waals surface area (Å²) in [5, 5.41) is 2.61. The molecule has 1 amide bonds. The molecule has 0 aliphatic heterocycles. The average molecular weight is 138 g/mol. The summed E-state index contributed by atoms with van der Waals surface area (Å²) in [6.07, 6.45) is 3.94. The molecule has 4 nitrogen and oxygen atoms in total. The second kappa shape index (κ2) is 3.00. The Morgan fingerprint density at radius 1 is 2.00 bits per heavy atom. The van der Waals surface area contributed by atoms with E-state index in [1.165, 1.54) is 6.20 Å². The molecular weight excluding hydrogens is 130 g/mol. The minimum atomic E-state index is -0.167. The summed E-state index contributed by atoms with van der Waals surface area (Å²) < 4.78 is 0. The standard InChI is InChI=1S/C6H8N3O/c1-2-8-6(10)5-3-7-4-9-5/h3H,2H2,1H3,(H,7,9)(H,8,10). The first-order valence-corrected chi connectivity index (χ1v) is 3.04. The van der Waals surface area contributed by atoms with Crippen molar-refractivity contribution in [2.24, 2.45) is 0 Å². The Morgan fingerprint density at radius 3 is 3.30 bits per heavy atom. The van der Waals surface area contributed by atoms with Crippen molar-refractivity contribution in [2.45, 2.75) is 6.92 Å². The Bertz CT molecular complexity index is 205. The molecule has 0 atom stereocenters. The summed E-state index contributed by atoms with van der Waals surface area (Å²) in [5.41, 5.74) is 0.377. The predicted molar refractivity (Wildman–Crippen MR) is 35.4 cm³/mol. The highest BCUT2D eigenvalue weighted by Crippen LogP contribution is 1.87. The van der Waals surface area contributed by atoms with Crippen LogP contribution in [0.4, 0.5) is 0 Å². The smallest absolute Gasteiger partial charge is 0.271 e. The van der Waals surface area contributed by atoms with Crippen molar-refractivity contribution in [2.75, 3.05) is 6.54 Å². The van der Waals surface area contributed by atoms with Crippen molar-refractivity contribution in [1.82, 2.24) is 15.3 Å². The van der Waals surface area contributed by atoms with Crippen LogP contribution >= 0.6 is 0 Å². The minimum Gasteiger partial charge on any atom is -0.351 e. The quantitative estimate of drug-likeness (QED) is 0.602. The van der Waals surface area contributed by atoms with Crippen LogP contribution in [-0.2, 0) is 0 Å².